The van der Waals surface area contributed by atoms with Gasteiger partial charge in [0.25, 0.3) is 0 Å². The minimum atomic E-state index is -0.817. The number of carbonyl (C=O) groups is 1. The Labute approximate surface area is 126 Å². The summed E-state index contributed by atoms with van der Waals surface area (Å²) in [5, 5.41) is 9.14. The zero-order valence-corrected chi connectivity index (χ0v) is 12.4. The number of hydrogen-bond acceptors (Lipinski definition) is 2. The summed E-state index contributed by atoms with van der Waals surface area (Å²) in [5.74, 6) is 2.01. The second kappa shape index (κ2) is 5.04. The first kappa shape index (κ1) is 13.2. The Balaban J connectivity index is 1.54. The van der Waals surface area contributed by atoms with E-state index in [1.54, 1.807) is 6.07 Å². The molecule has 4 rings (SSSR count). The molecule has 2 bridgehead atoms. The van der Waals surface area contributed by atoms with Gasteiger partial charge in [-0.25, -0.2) is 4.79 Å². The third kappa shape index (κ3) is 2.33. The lowest BCUT2D eigenvalue weighted by molar-refractivity contribution is 0.0697. The standard InChI is InChI=1S/C18H23NO2/c20-18(21)15-5-6-17-14(10-15)2-1-7-19(17)11-16-9-12-3-4-13(16)8-12/h5-6,10,12-13,16H,1-4,7-9,11H2,(H,20,21). The highest BCUT2D eigenvalue weighted by molar-refractivity contribution is 5.88. The van der Waals surface area contributed by atoms with E-state index in [4.69, 9.17) is 5.11 Å². The molecule has 1 heterocycles. The summed E-state index contributed by atoms with van der Waals surface area (Å²) >= 11 is 0. The molecule has 3 unspecified atom stereocenters. The maximum absolute atomic E-state index is 11.1. The Hall–Kier alpha value is -1.51. The van der Waals surface area contributed by atoms with Gasteiger partial charge in [0.1, 0.15) is 0 Å². The second-order valence-corrected chi connectivity index (χ2v) is 7.13. The van der Waals surface area contributed by atoms with Gasteiger partial charge in [-0.3, -0.25) is 0 Å². The molecule has 0 aromatic heterocycles. The number of carboxylic acids is 1. The summed E-state index contributed by atoms with van der Waals surface area (Å²) in [5.41, 5.74) is 2.94. The molecule has 0 amide bonds. The van der Waals surface area contributed by atoms with Gasteiger partial charge in [0, 0.05) is 18.8 Å². The average molecular weight is 285 g/mol. The number of rotatable bonds is 3. The Morgan fingerprint density at radius 1 is 1.29 bits per heavy atom. The molecule has 0 saturated heterocycles. The number of carboxylic acid groups (broad SMARTS) is 1. The lowest BCUT2D eigenvalue weighted by Gasteiger charge is -2.35. The molecule has 1 aromatic rings. The van der Waals surface area contributed by atoms with Crippen LogP contribution in [0.25, 0.3) is 0 Å². The highest BCUT2D eigenvalue weighted by Gasteiger charge is 2.40. The SMILES string of the molecule is O=C(O)c1ccc2c(c1)CCCN2CC1CC2CCC1C2. The number of aryl methyl sites for hydroxylation is 1. The molecular weight excluding hydrogens is 262 g/mol. The van der Waals surface area contributed by atoms with Gasteiger partial charge in [-0.2, -0.15) is 0 Å². The van der Waals surface area contributed by atoms with E-state index in [-0.39, 0.29) is 0 Å². The van der Waals surface area contributed by atoms with Crippen molar-refractivity contribution in [1.29, 1.82) is 0 Å². The van der Waals surface area contributed by atoms with Gasteiger partial charge in [-0.05, 0) is 73.6 Å². The molecular formula is C18H23NO2. The van der Waals surface area contributed by atoms with Crippen molar-refractivity contribution in [2.45, 2.75) is 38.5 Å². The number of anilines is 1. The molecule has 3 atom stereocenters. The van der Waals surface area contributed by atoms with Crippen LogP contribution in [0.1, 0.15) is 48.0 Å². The normalized spacial score (nSPS) is 30.5. The monoisotopic (exact) mass is 285 g/mol. The maximum atomic E-state index is 11.1. The highest BCUT2D eigenvalue weighted by atomic mass is 16.4. The van der Waals surface area contributed by atoms with Gasteiger partial charge in [-0.15, -0.1) is 0 Å². The van der Waals surface area contributed by atoms with Crippen LogP contribution in [0.2, 0.25) is 0 Å². The van der Waals surface area contributed by atoms with Gasteiger partial charge in [0.15, 0.2) is 0 Å². The minimum Gasteiger partial charge on any atom is -0.478 e. The molecule has 3 aliphatic rings. The summed E-state index contributed by atoms with van der Waals surface area (Å²) in [4.78, 5) is 13.6. The van der Waals surface area contributed by atoms with Crippen LogP contribution in [0.15, 0.2) is 18.2 Å². The van der Waals surface area contributed by atoms with Crippen LogP contribution < -0.4 is 4.90 Å². The van der Waals surface area contributed by atoms with Crippen LogP contribution in [0, 0.1) is 17.8 Å². The Bertz CT molecular complexity index is 568. The van der Waals surface area contributed by atoms with E-state index in [0.29, 0.717) is 5.56 Å². The lowest BCUT2D eigenvalue weighted by atomic mass is 9.87. The summed E-state index contributed by atoms with van der Waals surface area (Å²) in [7, 11) is 0. The lowest BCUT2D eigenvalue weighted by Crippen LogP contribution is -2.35. The van der Waals surface area contributed by atoms with E-state index in [2.05, 4.69) is 4.90 Å². The van der Waals surface area contributed by atoms with Gasteiger partial charge in [0.2, 0.25) is 0 Å². The first-order chi connectivity index (χ1) is 10.2. The van der Waals surface area contributed by atoms with Crippen molar-refractivity contribution in [1.82, 2.24) is 0 Å². The summed E-state index contributed by atoms with van der Waals surface area (Å²) in [6, 6.07) is 5.68. The van der Waals surface area contributed by atoms with Gasteiger partial charge in [-0.1, -0.05) is 6.42 Å². The van der Waals surface area contributed by atoms with Crippen LogP contribution >= 0.6 is 0 Å². The van der Waals surface area contributed by atoms with Crippen molar-refractivity contribution >= 4 is 11.7 Å². The molecule has 2 saturated carbocycles. The molecule has 2 fully saturated rings. The number of fused-ring (bicyclic) bond motifs is 3. The average Bonchev–Trinajstić information content (AvgIpc) is 3.09. The number of aromatic carboxylic acids is 1. The van der Waals surface area contributed by atoms with Crippen molar-refractivity contribution < 1.29 is 9.90 Å². The molecule has 21 heavy (non-hydrogen) atoms. The molecule has 3 nitrogen and oxygen atoms in total. The zero-order valence-electron chi connectivity index (χ0n) is 12.4. The first-order valence-corrected chi connectivity index (χ1v) is 8.32. The zero-order chi connectivity index (χ0) is 14.4. The van der Waals surface area contributed by atoms with E-state index >= 15 is 0 Å². The fourth-order valence-electron chi connectivity index (χ4n) is 4.88. The fourth-order valence-corrected chi connectivity index (χ4v) is 4.88. The molecule has 112 valence electrons. The van der Waals surface area contributed by atoms with E-state index < -0.39 is 5.97 Å². The van der Waals surface area contributed by atoms with Gasteiger partial charge in [0.05, 0.1) is 5.56 Å². The van der Waals surface area contributed by atoms with Crippen molar-refractivity contribution in [3.8, 4) is 0 Å². The number of benzene rings is 1. The number of hydrogen-bond donors (Lipinski definition) is 1. The predicted molar refractivity (Wildman–Crippen MR) is 82.9 cm³/mol. The quantitative estimate of drug-likeness (QED) is 0.923. The molecule has 0 radical (unpaired) electrons. The molecule has 1 N–H and O–H groups in total. The molecule has 0 spiro atoms. The topological polar surface area (TPSA) is 40.5 Å². The Kier molecular flexibility index (Phi) is 3.16. The summed E-state index contributed by atoms with van der Waals surface area (Å²) in [6.45, 7) is 2.31. The van der Waals surface area contributed by atoms with Crippen molar-refractivity contribution in [2.24, 2.45) is 17.8 Å². The van der Waals surface area contributed by atoms with Crippen LogP contribution in [0.3, 0.4) is 0 Å². The minimum absolute atomic E-state index is 0.426. The summed E-state index contributed by atoms with van der Waals surface area (Å²) < 4.78 is 0. The van der Waals surface area contributed by atoms with Crippen LogP contribution in [0.5, 0.6) is 0 Å². The van der Waals surface area contributed by atoms with Gasteiger partial charge >= 0.3 is 5.97 Å². The Morgan fingerprint density at radius 3 is 2.90 bits per heavy atom. The summed E-state index contributed by atoms with van der Waals surface area (Å²) in [6.07, 6.45) is 7.95. The van der Waals surface area contributed by atoms with Gasteiger partial charge < -0.3 is 10.0 Å². The molecule has 1 aliphatic heterocycles. The van der Waals surface area contributed by atoms with Crippen molar-refractivity contribution in [2.75, 3.05) is 18.0 Å². The third-order valence-corrected chi connectivity index (χ3v) is 5.88. The van der Waals surface area contributed by atoms with E-state index in [9.17, 15) is 4.79 Å². The molecule has 3 heteroatoms. The predicted octanol–water partition coefficient (Wildman–Crippen LogP) is 3.57. The largest absolute Gasteiger partial charge is 0.478 e. The van der Waals surface area contributed by atoms with Crippen molar-refractivity contribution in [3.63, 3.8) is 0 Å². The molecule has 2 aliphatic carbocycles. The van der Waals surface area contributed by atoms with Crippen LogP contribution in [-0.2, 0) is 6.42 Å². The van der Waals surface area contributed by atoms with E-state index in [1.165, 1.54) is 43.5 Å². The molecule has 1 aromatic carbocycles. The highest BCUT2D eigenvalue weighted by Crippen LogP contribution is 2.49. The number of nitrogens with zero attached hydrogens (tertiary/aromatic N) is 1. The fraction of sp³-hybridized carbons (Fsp3) is 0.611. The third-order valence-electron chi connectivity index (χ3n) is 5.88. The van der Waals surface area contributed by atoms with Crippen LogP contribution in [-0.4, -0.2) is 24.2 Å². The van der Waals surface area contributed by atoms with Crippen molar-refractivity contribution in [3.05, 3.63) is 29.3 Å². The van der Waals surface area contributed by atoms with E-state index in [1.807, 2.05) is 12.1 Å². The Morgan fingerprint density at radius 2 is 2.19 bits per heavy atom. The first-order valence-electron chi connectivity index (χ1n) is 8.32. The maximum Gasteiger partial charge on any atom is 0.335 e. The second-order valence-electron chi connectivity index (χ2n) is 7.13. The smallest absolute Gasteiger partial charge is 0.335 e. The van der Waals surface area contributed by atoms with Crippen LogP contribution in [0.4, 0.5) is 5.69 Å². The van der Waals surface area contributed by atoms with E-state index in [0.717, 1.165) is 37.1 Å².